The molecule has 3 saturated heterocycles. The molecule has 7 unspecified atom stereocenters. The molecular weight excluding hydrogens is 494 g/mol. The molecule has 9 heteroatoms. The van der Waals surface area contributed by atoms with Crippen LogP contribution >= 0.6 is 0 Å². The molecule has 2 aliphatic carbocycles. The summed E-state index contributed by atoms with van der Waals surface area (Å²) in [7, 11) is 0. The molecule has 9 nitrogen and oxygen atoms in total. The van der Waals surface area contributed by atoms with Crippen LogP contribution < -0.4 is 21.3 Å². The number of β-amino-alcohol motifs (C(OH)–C–C–N with tert-alkyl or cyclic N) is 1. The highest BCUT2D eigenvalue weighted by atomic mass is 16.5. The summed E-state index contributed by atoms with van der Waals surface area (Å²) < 4.78 is 11.8. The number of rotatable bonds is 12. The highest BCUT2D eigenvalue weighted by Crippen LogP contribution is 2.37. The molecule has 2 saturated carbocycles. The average Bonchev–Trinajstić information content (AvgIpc) is 3.41. The fourth-order valence-corrected chi connectivity index (χ4v) is 7.57. The molecule has 5 rings (SSSR count). The monoisotopic (exact) mass is 549 g/mol. The van der Waals surface area contributed by atoms with Crippen LogP contribution in [0.15, 0.2) is 0 Å². The zero-order valence-corrected chi connectivity index (χ0v) is 24.4. The van der Waals surface area contributed by atoms with Gasteiger partial charge in [0, 0.05) is 44.2 Å². The van der Waals surface area contributed by atoms with E-state index in [4.69, 9.17) is 9.47 Å². The van der Waals surface area contributed by atoms with Crippen molar-refractivity contribution in [2.75, 3.05) is 46.1 Å². The lowest BCUT2D eigenvalue weighted by Crippen LogP contribution is -2.58. The van der Waals surface area contributed by atoms with Gasteiger partial charge in [0.1, 0.15) is 0 Å². The van der Waals surface area contributed by atoms with E-state index in [9.17, 15) is 9.90 Å². The summed E-state index contributed by atoms with van der Waals surface area (Å²) in [4.78, 5) is 15.6. The van der Waals surface area contributed by atoms with Crippen molar-refractivity contribution in [1.82, 2.24) is 26.2 Å². The summed E-state index contributed by atoms with van der Waals surface area (Å²) in [6.07, 6.45) is 11.5. The summed E-state index contributed by atoms with van der Waals surface area (Å²) in [5, 5.41) is 24.7. The summed E-state index contributed by atoms with van der Waals surface area (Å²) in [5.41, 5.74) is 0. The topological polar surface area (TPSA) is 107 Å². The minimum atomic E-state index is -0.526. The zero-order valence-electron chi connectivity index (χ0n) is 24.4. The fourth-order valence-electron chi connectivity index (χ4n) is 7.57. The molecule has 5 aliphatic rings. The minimum Gasteiger partial charge on any atom is -0.390 e. The van der Waals surface area contributed by atoms with Gasteiger partial charge in [-0.25, -0.2) is 0 Å². The van der Waals surface area contributed by atoms with E-state index in [1.807, 2.05) is 0 Å². The highest BCUT2D eigenvalue weighted by Gasteiger charge is 2.37. The van der Waals surface area contributed by atoms with Crippen molar-refractivity contribution in [3.8, 4) is 0 Å². The van der Waals surface area contributed by atoms with Crippen molar-refractivity contribution in [1.29, 1.82) is 0 Å². The van der Waals surface area contributed by atoms with Crippen LogP contribution in [0.1, 0.15) is 78.1 Å². The number of piperidine rings is 2. The number of carbonyl (C=O) groups excluding carboxylic acids is 1. The fraction of sp³-hybridized carbons (Fsp3) is 0.967. The van der Waals surface area contributed by atoms with Gasteiger partial charge in [0.15, 0.2) is 0 Å². The van der Waals surface area contributed by atoms with Crippen molar-refractivity contribution in [2.24, 2.45) is 23.7 Å². The van der Waals surface area contributed by atoms with Crippen LogP contribution in [0.3, 0.4) is 0 Å². The van der Waals surface area contributed by atoms with Crippen molar-refractivity contribution in [2.45, 2.75) is 115 Å². The van der Waals surface area contributed by atoms with Gasteiger partial charge < -0.3 is 24.8 Å². The number of amides is 1. The third-order valence-corrected chi connectivity index (χ3v) is 9.89. The Morgan fingerprint density at radius 2 is 2.00 bits per heavy atom. The highest BCUT2D eigenvalue weighted by molar-refractivity contribution is 5.78. The van der Waals surface area contributed by atoms with Crippen LogP contribution in [-0.4, -0.2) is 98.5 Å². The predicted octanol–water partition coefficient (Wildman–Crippen LogP) is 1.80. The molecule has 3 aliphatic heterocycles. The quantitative estimate of drug-likeness (QED) is 0.251. The van der Waals surface area contributed by atoms with E-state index in [2.05, 4.69) is 40.0 Å². The number of carbonyl (C=O) groups is 1. The third kappa shape index (κ3) is 8.84. The van der Waals surface area contributed by atoms with Crippen LogP contribution in [-0.2, 0) is 14.3 Å². The van der Waals surface area contributed by atoms with E-state index >= 15 is 0 Å². The Hall–Kier alpha value is -0.810. The second-order valence-corrected chi connectivity index (χ2v) is 13.6. The molecular formula is C30H55N5O4. The molecule has 8 atom stereocenters. The lowest BCUT2D eigenvalue weighted by molar-refractivity contribution is -0.127. The first-order chi connectivity index (χ1) is 18.9. The van der Waals surface area contributed by atoms with Gasteiger partial charge in [-0.15, -0.1) is 0 Å². The Morgan fingerprint density at radius 1 is 1.13 bits per heavy atom. The molecule has 224 valence electrons. The normalized spacial score (nSPS) is 36.9. The van der Waals surface area contributed by atoms with E-state index in [-0.39, 0.29) is 24.1 Å². The van der Waals surface area contributed by atoms with Gasteiger partial charge in [-0.2, -0.15) is 0 Å². The second kappa shape index (κ2) is 14.4. The van der Waals surface area contributed by atoms with Gasteiger partial charge in [-0.3, -0.25) is 20.7 Å². The Balaban J connectivity index is 1.01. The van der Waals surface area contributed by atoms with Crippen molar-refractivity contribution >= 4 is 5.91 Å². The predicted molar refractivity (Wildman–Crippen MR) is 152 cm³/mol. The average molecular weight is 550 g/mol. The molecule has 0 spiro atoms. The maximum absolute atomic E-state index is 13.2. The first-order valence-corrected chi connectivity index (χ1v) is 16.1. The molecule has 5 fully saturated rings. The number of fused-ring (bicyclic) bond motifs is 1. The lowest BCUT2D eigenvalue weighted by atomic mass is 9.74. The Labute approximate surface area is 235 Å². The van der Waals surface area contributed by atoms with Gasteiger partial charge in [-0.05, 0) is 82.1 Å². The Kier molecular flexibility index (Phi) is 10.9. The van der Waals surface area contributed by atoms with Crippen molar-refractivity contribution in [3.05, 3.63) is 0 Å². The van der Waals surface area contributed by atoms with Crippen LogP contribution in [0.2, 0.25) is 0 Å². The number of hydrogen-bond acceptors (Lipinski definition) is 8. The van der Waals surface area contributed by atoms with Gasteiger partial charge >= 0.3 is 0 Å². The number of ether oxygens (including phenoxy) is 2. The van der Waals surface area contributed by atoms with E-state index < -0.39 is 6.10 Å². The van der Waals surface area contributed by atoms with E-state index in [0.29, 0.717) is 56.5 Å². The summed E-state index contributed by atoms with van der Waals surface area (Å²) in [5.74, 6) is 2.13. The number of likely N-dealkylation sites (tertiary alicyclic amines) is 1. The largest absolute Gasteiger partial charge is 0.390 e. The molecule has 0 aromatic rings. The first kappa shape index (κ1) is 29.7. The van der Waals surface area contributed by atoms with Gasteiger partial charge in [0.2, 0.25) is 5.91 Å². The number of aliphatic hydroxyl groups is 1. The SMILES string of the molecule is CC(C)CC1CC(C(=O)NC[C@H](O)CN2CCC3CC(OCC4CNCO4)CCC3C2)CC(NC2CCC2)N1. The molecule has 0 radical (unpaired) electrons. The molecule has 1 amide bonds. The number of nitrogens with one attached hydrogen (secondary N) is 4. The first-order valence-electron chi connectivity index (χ1n) is 16.1. The van der Waals surface area contributed by atoms with Gasteiger partial charge in [0.25, 0.3) is 0 Å². The lowest BCUT2D eigenvalue weighted by Gasteiger charge is -2.44. The zero-order chi connectivity index (χ0) is 27.2. The van der Waals surface area contributed by atoms with E-state index in [1.54, 1.807) is 0 Å². The Morgan fingerprint density at radius 3 is 2.74 bits per heavy atom. The maximum Gasteiger partial charge on any atom is 0.223 e. The maximum atomic E-state index is 13.2. The summed E-state index contributed by atoms with van der Waals surface area (Å²) >= 11 is 0. The Bertz CT molecular complexity index is 762. The molecule has 0 aromatic heterocycles. The number of aliphatic hydroxyl groups excluding tert-OH is 1. The number of hydrogen-bond donors (Lipinski definition) is 5. The molecule has 3 heterocycles. The van der Waals surface area contributed by atoms with Crippen LogP contribution in [0.4, 0.5) is 0 Å². The third-order valence-electron chi connectivity index (χ3n) is 9.89. The number of nitrogens with zero attached hydrogens (tertiary/aromatic N) is 1. The van der Waals surface area contributed by atoms with Crippen LogP contribution in [0.5, 0.6) is 0 Å². The van der Waals surface area contributed by atoms with E-state index in [0.717, 1.165) is 57.7 Å². The minimum absolute atomic E-state index is 0.00409. The van der Waals surface area contributed by atoms with E-state index in [1.165, 1.54) is 32.1 Å². The van der Waals surface area contributed by atoms with Gasteiger partial charge in [0.05, 0.1) is 37.8 Å². The summed E-state index contributed by atoms with van der Waals surface area (Å²) in [6, 6.07) is 0.966. The summed E-state index contributed by atoms with van der Waals surface area (Å²) in [6.45, 7) is 9.81. The smallest absolute Gasteiger partial charge is 0.223 e. The molecule has 39 heavy (non-hydrogen) atoms. The van der Waals surface area contributed by atoms with Crippen molar-refractivity contribution < 1.29 is 19.4 Å². The molecule has 0 aromatic carbocycles. The second-order valence-electron chi connectivity index (χ2n) is 13.6. The van der Waals surface area contributed by atoms with Gasteiger partial charge in [-0.1, -0.05) is 20.3 Å². The van der Waals surface area contributed by atoms with Crippen LogP contribution in [0, 0.1) is 23.7 Å². The molecule has 5 N–H and O–H groups in total. The standard InChI is InChI=1S/C30H55N5O4/c1-20(2)10-25-11-23(13-29(34-25)33-24-4-3-5-24)30(37)32-14-26(36)17-35-9-8-21-12-27(7-6-22(21)16-35)38-18-28-15-31-19-39-28/h20-29,31,33-34,36H,3-19H2,1-2H3,(H,32,37)/t21?,22?,23?,25?,26-,27?,28?,29?/m0/s1. The van der Waals surface area contributed by atoms with Crippen LogP contribution in [0.25, 0.3) is 0 Å². The van der Waals surface area contributed by atoms with Crippen molar-refractivity contribution in [3.63, 3.8) is 0 Å². The molecule has 0 bridgehead atoms.